The van der Waals surface area contributed by atoms with Gasteiger partial charge in [-0.3, -0.25) is 9.48 Å². The van der Waals surface area contributed by atoms with E-state index in [2.05, 4.69) is 21.5 Å². The second-order valence-corrected chi connectivity index (χ2v) is 5.99. The van der Waals surface area contributed by atoms with E-state index in [1.165, 1.54) is 5.56 Å². The topological polar surface area (TPSA) is 59.8 Å². The summed E-state index contributed by atoms with van der Waals surface area (Å²) in [6.07, 6.45) is 0. The number of nitrogens with zero attached hydrogens (tertiary/aromatic N) is 3. The predicted octanol–water partition coefficient (Wildman–Crippen LogP) is 3.45. The average Bonchev–Trinajstić information content (AvgIpc) is 2.76. The van der Waals surface area contributed by atoms with E-state index in [1.807, 2.05) is 52.9 Å². The normalized spacial score (nSPS) is 11.0. The summed E-state index contributed by atoms with van der Waals surface area (Å²) in [7, 11) is 1.84. The summed E-state index contributed by atoms with van der Waals surface area (Å²) in [5.41, 5.74) is 5.98. The molecule has 0 bridgehead atoms. The van der Waals surface area contributed by atoms with Crippen molar-refractivity contribution in [3.63, 3.8) is 0 Å². The summed E-state index contributed by atoms with van der Waals surface area (Å²) in [6, 6.07) is 7.80. The molecule has 2 heterocycles. The Kier molecular flexibility index (Phi) is 3.64. The van der Waals surface area contributed by atoms with Crippen LogP contribution in [0.15, 0.2) is 24.3 Å². The number of rotatable bonds is 2. The molecule has 5 nitrogen and oxygen atoms in total. The van der Waals surface area contributed by atoms with Gasteiger partial charge in [0.2, 0.25) is 0 Å². The first kappa shape index (κ1) is 15.2. The molecule has 0 aliphatic rings. The maximum atomic E-state index is 12.8. The van der Waals surface area contributed by atoms with Crippen molar-refractivity contribution in [2.75, 3.05) is 5.32 Å². The number of carbonyl (C=O) groups excluding carboxylic acids is 1. The molecular weight excluding hydrogens is 288 g/mol. The van der Waals surface area contributed by atoms with Gasteiger partial charge in [0.25, 0.3) is 5.91 Å². The number of pyridine rings is 1. The lowest BCUT2D eigenvalue weighted by atomic mass is 10.1. The Morgan fingerprint density at radius 2 is 1.87 bits per heavy atom. The molecule has 0 fully saturated rings. The first-order valence-electron chi connectivity index (χ1n) is 7.56. The highest BCUT2D eigenvalue weighted by molar-refractivity contribution is 6.12. The Balaban J connectivity index is 2.07. The van der Waals surface area contributed by atoms with Crippen molar-refractivity contribution >= 4 is 22.6 Å². The number of aromatic nitrogens is 3. The Hall–Kier alpha value is -2.69. The Labute approximate surface area is 135 Å². The highest BCUT2D eigenvalue weighted by atomic mass is 16.1. The third-order valence-corrected chi connectivity index (χ3v) is 3.97. The van der Waals surface area contributed by atoms with E-state index in [0.717, 1.165) is 33.7 Å². The lowest BCUT2D eigenvalue weighted by Gasteiger charge is -2.10. The summed E-state index contributed by atoms with van der Waals surface area (Å²) >= 11 is 0. The molecule has 0 radical (unpaired) electrons. The van der Waals surface area contributed by atoms with Crippen LogP contribution in [0.1, 0.15) is 32.9 Å². The van der Waals surface area contributed by atoms with Crippen molar-refractivity contribution in [1.82, 2.24) is 14.8 Å². The van der Waals surface area contributed by atoms with Crippen LogP contribution in [0.4, 0.5) is 5.69 Å². The number of carbonyl (C=O) groups is 1. The first-order chi connectivity index (χ1) is 10.9. The second kappa shape index (κ2) is 5.50. The van der Waals surface area contributed by atoms with Crippen LogP contribution < -0.4 is 5.32 Å². The molecule has 23 heavy (non-hydrogen) atoms. The molecule has 3 rings (SSSR count). The number of hydrogen-bond acceptors (Lipinski definition) is 3. The Bertz CT molecular complexity index is 924. The number of nitrogens with one attached hydrogen (secondary N) is 1. The first-order valence-corrected chi connectivity index (χ1v) is 7.56. The van der Waals surface area contributed by atoms with E-state index >= 15 is 0 Å². The lowest BCUT2D eigenvalue weighted by molar-refractivity contribution is 0.102. The summed E-state index contributed by atoms with van der Waals surface area (Å²) in [5, 5.41) is 8.20. The minimum atomic E-state index is -0.136. The molecule has 118 valence electrons. The summed E-state index contributed by atoms with van der Waals surface area (Å²) in [4.78, 5) is 17.3. The number of anilines is 1. The largest absolute Gasteiger partial charge is 0.322 e. The van der Waals surface area contributed by atoms with Crippen molar-refractivity contribution in [2.24, 2.45) is 7.05 Å². The van der Waals surface area contributed by atoms with Crippen molar-refractivity contribution in [1.29, 1.82) is 0 Å². The monoisotopic (exact) mass is 308 g/mol. The van der Waals surface area contributed by atoms with Gasteiger partial charge in [-0.15, -0.1) is 0 Å². The van der Waals surface area contributed by atoms with Gasteiger partial charge < -0.3 is 5.32 Å². The van der Waals surface area contributed by atoms with Gasteiger partial charge in [0.15, 0.2) is 5.65 Å². The smallest absolute Gasteiger partial charge is 0.256 e. The molecule has 1 aromatic carbocycles. The van der Waals surface area contributed by atoms with Crippen LogP contribution in [0.25, 0.3) is 11.0 Å². The molecule has 1 N–H and O–H groups in total. The SMILES string of the molecule is Cc1ccc(NC(=O)c2cc(C)nc3c2c(C)nn3C)c(C)c1. The molecule has 0 saturated carbocycles. The van der Waals surface area contributed by atoms with Gasteiger partial charge in [-0.2, -0.15) is 5.10 Å². The summed E-state index contributed by atoms with van der Waals surface area (Å²) in [5.74, 6) is -0.136. The highest BCUT2D eigenvalue weighted by Gasteiger charge is 2.18. The molecule has 0 aliphatic carbocycles. The molecular formula is C18H20N4O. The van der Waals surface area contributed by atoms with Crippen LogP contribution in [0.5, 0.6) is 0 Å². The van der Waals surface area contributed by atoms with Gasteiger partial charge in [-0.25, -0.2) is 4.98 Å². The quantitative estimate of drug-likeness (QED) is 0.788. The van der Waals surface area contributed by atoms with Gasteiger partial charge in [0, 0.05) is 18.4 Å². The predicted molar refractivity (Wildman–Crippen MR) is 91.9 cm³/mol. The molecule has 0 aliphatic heterocycles. The zero-order valence-electron chi connectivity index (χ0n) is 14.1. The van der Waals surface area contributed by atoms with E-state index in [-0.39, 0.29) is 5.91 Å². The van der Waals surface area contributed by atoms with Crippen LogP contribution in [-0.2, 0) is 7.05 Å². The minimum absolute atomic E-state index is 0.136. The fraction of sp³-hybridized carbons (Fsp3) is 0.278. The van der Waals surface area contributed by atoms with Gasteiger partial charge in [0.05, 0.1) is 16.6 Å². The maximum Gasteiger partial charge on any atom is 0.256 e. The molecule has 0 spiro atoms. The molecule has 0 saturated heterocycles. The third kappa shape index (κ3) is 2.70. The van der Waals surface area contributed by atoms with Crippen LogP contribution in [-0.4, -0.2) is 20.7 Å². The van der Waals surface area contributed by atoms with Crippen LogP contribution in [0, 0.1) is 27.7 Å². The van der Waals surface area contributed by atoms with Crippen molar-refractivity contribution in [3.05, 3.63) is 52.3 Å². The number of hydrogen-bond donors (Lipinski definition) is 1. The molecule has 0 unspecified atom stereocenters. The van der Waals surface area contributed by atoms with Gasteiger partial charge in [-0.05, 0) is 45.4 Å². The standard InChI is InChI=1S/C18H20N4O/c1-10-6-7-15(11(2)8-10)20-18(23)14-9-12(3)19-17-16(14)13(4)21-22(17)5/h6-9H,1-5H3,(H,20,23). The van der Waals surface area contributed by atoms with E-state index in [4.69, 9.17) is 0 Å². The molecule has 5 heteroatoms. The van der Waals surface area contributed by atoms with Crippen LogP contribution in [0.2, 0.25) is 0 Å². The van der Waals surface area contributed by atoms with Crippen LogP contribution >= 0.6 is 0 Å². The van der Waals surface area contributed by atoms with E-state index in [9.17, 15) is 4.79 Å². The number of benzene rings is 1. The second-order valence-electron chi connectivity index (χ2n) is 5.99. The fourth-order valence-electron chi connectivity index (χ4n) is 2.89. The number of amides is 1. The highest BCUT2D eigenvalue weighted by Crippen LogP contribution is 2.23. The number of aryl methyl sites for hydroxylation is 5. The van der Waals surface area contributed by atoms with Crippen LogP contribution in [0.3, 0.4) is 0 Å². The Morgan fingerprint density at radius 3 is 2.57 bits per heavy atom. The molecule has 0 atom stereocenters. The zero-order chi connectivity index (χ0) is 16.7. The van der Waals surface area contributed by atoms with E-state index in [1.54, 1.807) is 4.68 Å². The van der Waals surface area contributed by atoms with E-state index in [0.29, 0.717) is 5.56 Å². The average molecular weight is 308 g/mol. The minimum Gasteiger partial charge on any atom is -0.322 e. The maximum absolute atomic E-state index is 12.8. The zero-order valence-corrected chi connectivity index (χ0v) is 14.1. The third-order valence-electron chi connectivity index (χ3n) is 3.97. The molecule has 1 amide bonds. The fourth-order valence-corrected chi connectivity index (χ4v) is 2.89. The van der Waals surface area contributed by atoms with Gasteiger partial charge in [0.1, 0.15) is 0 Å². The number of fused-ring (bicyclic) bond motifs is 1. The summed E-state index contributed by atoms with van der Waals surface area (Å²) in [6.45, 7) is 7.81. The molecule has 3 aromatic rings. The van der Waals surface area contributed by atoms with Gasteiger partial charge in [-0.1, -0.05) is 17.7 Å². The van der Waals surface area contributed by atoms with Crippen molar-refractivity contribution < 1.29 is 4.79 Å². The van der Waals surface area contributed by atoms with Crippen molar-refractivity contribution in [2.45, 2.75) is 27.7 Å². The lowest BCUT2D eigenvalue weighted by Crippen LogP contribution is -2.14. The van der Waals surface area contributed by atoms with Gasteiger partial charge >= 0.3 is 0 Å². The Morgan fingerprint density at radius 1 is 1.13 bits per heavy atom. The summed E-state index contributed by atoms with van der Waals surface area (Å²) < 4.78 is 1.71. The molecule has 2 aromatic heterocycles. The van der Waals surface area contributed by atoms with E-state index < -0.39 is 0 Å². The van der Waals surface area contributed by atoms with Crippen molar-refractivity contribution in [3.8, 4) is 0 Å².